The molecule has 0 N–H and O–H groups in total. The molecule has 0 amide bonds. The highest BCUT2D eigenvalue weighted by molar-refractivity contribution is 5.22. The monoisotopic (exact) mass is 332 g/mol. The van der Waals surface area contributed by atoms with E-state index in [-0.39, 0.29) is 0 Å². The van der Waals surface area contributed by atoms with Crippen molar-refractivity contribution in [3.63, 3.8) is 0 Å². The second-order valence-electron chi connectivity index (χ2n) is 7.80. The molecule has 1 aromatic carbocycles. The third kappa shape index (κ3) is 4.26. The van der Waals surface area contributed by atoms with Gasteiger partial charge in [-0.3, -0.25) is 0 Å². The van der Waals surface area contributed by atoms with E-state index < -0.39 is 11.6 Å². The molecule has 0 radical (unpaired) electrons. The first-order chi connectivity index (χ1) is 11.7. The fourth-order valence-electron chi connectivity index (χ4n) is 4.83. The summed E-state index contributed by atoms with van der Waals surface area (Å²) in [5.41, 5.74) is 0.987. The minimum absolute atomic E-state index is 0.417. The Balaban J connectivity index is 1.49. The first kappa shape index (κ1) is 17.6. The number of hydrogen-bond donors (Lipinski definition) is 0. The van der Waals surface area contributed by atoms with E-state index in [1.807, 2.05) is 0 Å². The minimum atomic E-state index is -0.735. The van der Waals surface area contributed by atoms with Gasteiger partial charge in [-0.1, -0.05) is 25.1 Å². The molecule has 2 fully saturated rings. The van der Waals surface area contributed by atoms with Gasteiger partial charge in [0.2, 0.25) is 0 Å². The molecule has 1 aromatic rings. The van der Waals surface area contributed by atoms with Crippen molar-refractivity contribution in [3.8, 4) is 0 Å². The van der Waals surface area contributed by atoms with Gasteiger partial charge >= 0.3 is 0 Å². The second kappa shape index (κ2) is 8.27. The Morgan fingerprint density at radius 2 is 1.50 bits per heavy atom. The third-order valence-corrected chi connectivity index (χ3v) is 6.31. The van der Waals surface area contributed by atoms with E-state index in [0.717, 1.165) is 42.6 Å². The van der Waals surface area contributed by atoms with Crippen molar-refractivity contribution in [2.45, 2.75) is 70.6 Å². The Labute approximate surface area is 145 Å². The molecule has 0 aliphatic heterocycles. The van der Waals surface area contributed by atoms with Gasteiger partial charge in [-0.15, -0.1) is 0 Å². The molecule has 2 saturated carbocycles. The number of rotatable bonds is 4. The lowest BCUT2D eigenvalue weighted by molar-refractivity contribution is 0.171. The average molecular weight is 332 g/mol. The molecule has 0 aromatic heterocycles. The van der Waals surface area contributed by atoms with Crippen molar-refractivity contribution in [2.75, 3.05) is 0 Å². The van der Waals surface area contributed by atoms with Crippen LogP contribution in [0.2, 0.25) is 0 Å². The SMILES string of the molecule is CCC=C[C@H]1CC[C@H]([C@H]2CC[C@H](c3ccc(F)c(F)c3)CC2)CC1. The van der Waals surface area contributed by atoms with Crippen LogP contribution in [0.25, 0.3) is 0 Å². The average Bonchev–Trinajstić information content (AvgIpc) is 2.63. The van der Waals surface area contributed by atoms with Gasteiger partial charge in [0.25, 0.3) is 0 Å². The first-order valence-corrected chi connectivity index (χ1v) is 9.79. The second-order valence-corrected chi connectivity index (χ2v) is 7.80. The highest BCUT2D eigenvalue weighted by atomic mass is 19.2. The summed E-state index contributed by atoms with van der Waals surface area (Å²) in [6.07, 6.45) is 16.1. The van der Waals surface area contributed by atoms with Crippen molar-refractivity contribution in [3.05, 3.63) is 47.5 Å². The maximum absolute atomic E-state index is 13.4. The minimum Gasteiger partial charge on any atom is -0.204 e. The molecule has 3 rings (SSSR count). The number of halogens is 2. The molecule has 0 saturated heterocycles. The predicted molar refractivity (Wildman–Crippen MR) is 95.9 cm³/mol. The lowest BCUT2D eigenvalue weighted by atomic mass is 9.68. The van der Waals surface area contributed by atoms with Crippen LogP contribution in [0.5, 0.6) is 0 Å². The van der Waals surface area contributed by atoms with Crippen LogP contribution in [0.1, 0.15) is 76.2 Å². The molecule has 2 aliphatic rings. The highest BCUT2D eigenvalue weighted by Crippen LogP contribution is 2.44. The quantitative estimate of drug-likeness (QED) is 0.520. The lowest BCUT2D eigenvalue weighted by Crippen LogP contribution is -2.25. The van der Waals surface area contributed by atoms with Crippen LogP contribution in [0, 0.1) is 29.4 Å². The molecule has 0 unspecified atom stereocenters. The highest BCUT2D eigenvalue weighted by Gasteiger charge is 2.30. The summed E-state index contributed by atoms with van der Waals surface area (Å²) in [4.78, 5) is 0. The molecular weight excluding hydrogens is 302 g/mol. The molecule has 0 spiro atoms. The van der Waals surface area contributed by atoms with E-state index in [0.29, 0.717) is 5.92 Å². The van der Waals surface area contributed by atoms with E-state index in [1.54, 1.807) is 6.07 Å². The molecule has 2 heteroatoms. The molecule has 0 atom stereocenters. The van der Waals surface area contributed by atoms with Gasteiger partial charge in [-0.05, 0) is 99.2 Å². The van der Waals surface area contributed by atoms with E-state index in [9.17, 15) is 8.78 Å². The van der Waals surface area contributed by atoms with Crippen LogP contribution in [0.15, 0.2) is 30.4 Å². The van der Waals surface area contributed by atoms with Crippen molar-refractivity contribution in [2.24, 2.45) is 17.8 Å². The van der Waals surface area contributed by atoms with Crippen molar-refractivity contribution < 1.29 is 8.78 Å². The van der Waals surface area contributed by atoms with Crippen molar-refractivity contribution in [1.29, 1.82) is 0 Å². The lowest BCUT2D eigenvalue weighted by Gasteiger charge is -2.37. The van der Waals surface area contributed by atoms with Gasteiger partial charge in [-0.25, -0.2) is 8.78 Å². The largest absolute Gasteiger partial charge is 0.204 e. The van der Waals surface area contributed by atoms with E-state index >= 15 is 0 Å². The number of benzene rings is 1. The normalized spacial score (nSPS) is 31.5. The van der Waals surface area contributed by atoms with Crippen LogP contribution in [-0.2, 0) is 0 Å². The smallest absolute Gasteiger partial charge is 0.159 e. The molecular formula is C22H30F2. The fourth-order valence-corrected chi connectivity index (χ4v) is 4.83. The Morgan fingerprint density at radius 1 is 0.875 bits per heavy atom. The molecule has 0 nitrogen and oxygen atoms in total. The summed E-state index contributed by atoms with van der Waals surface area (Å²) in [6, 6.07) is 4.46. The third-order valence-electron chi connectivity index (χ3n) is 6.31. The summed E-state index contributed by atoms with van der Waals surface area (Å²) in [5, 5.41) is 0. The van der Waals surface area contributed by atoms with E-state index in [1.165, 1.54) is 50.7 Å². The van der Waals surface area contributed by atoms with Gasteiger partial charge in [-0.2, -0.15) is 0 Å². The molecule has 2 aliphatic carbocycles. The van der Waals surface area contributed by atoms with Crippen LogP contribution >= 0.6 is 0 Å². The molecule has 0 bridgehead atoms. The van der Waals surface area contributed by atoms with Crippen LogP contribution in [-0.4, -0.2) is 0 Å². The van der Waals surface area contributed by atoms with E-state index in [2.05, 4.69) is 19.1 Å². The van der Waals surface area contributed by atoms with Gasteiger partial charge < -0.3 is 0 Å². The summed E-state index contributed by atoms with van der Waals surface area (Å²) >= 11 is 0. The number of hydrogen-bond acceptors (Lipinski definition) is 0. The zero-order valence-corrected chi connectivity index (χ0v) is 14.8. The zero-order valence-electron chi connectivity index (χ0n) is 14.8. The summed E-state index contributed by atoms with van der Waals surface area (Å²) in [6.45, 7) is 2.20. The van der Waals surface area contributed by atoms with Gasteiger partial charge in [0.1, 0.15) is 0 Å². The predicted octanol–water partition coefficient (Wildman–Crippen LogP) is 7.01. The summed E-state index contributed by atoms with van der Waals surface area (Å²) < 4.78 is 26.5. The topological polar surface area (TPSA) is 0 Å². The Hall–Kier alpha value is -1.18. The molecule has 0 heterocycles. The van der Waals surface area contributed by atoms with Gasteiger partial charge in [0, 0.05) is 0 Å². The maximum Gasteiger partial charge on any atom is 0.159 e. The van der Waals surface area contributed by atoms with Crippen LogP contribution in [0.3, 0.4) is 0 Å². The fraction of sp³-hybridized carbons (Fsp3) is 0.636. The Morgan fingerprint density at radius 3 is 2.08 bits per heavy atom. The Bertz CT molecular complexity index is 547. The first-order valence-electron chi connectivity index (χ1n) is 9.79. The van der Waals surface area contributed by atoms with E-state index in [4.69, 9.17) is 0 Å². The summed E-state index contributed by atoms with van der Waals surface area (Å²) in [5.74, 6) is 1.53. The number of allylic oxidation sites excluding steroid dienone is 2. The van der Waals surface area contributed by atoms with Crippen LogP contribution < -0.4 is 0 Å². The standard InChI is InChI=1S/C22H30F2/c1-2-3-4-16-5-7-17(8-6-16)18-9-11-19(12-10-18)20-13-14-21(23)22(24)15-20/h3-4,13-19H,2,5-12H2,1H3/t16-,17-,18-,19-. The van der Waals surface area contributed by atoms with Crippen molar-refractivity contribution >= 4 is 0 Å². The Kier molecular flexibility index (Phi) is 6.08. The molecule has 132 valence electrons. The van der Waals surface area contributed by atoms with Gasteiger partial charge in [0.05, 0.1) is 0 Å². The summed E-state index contributed by atoms with van der Waals surface area (Å²) in [7, 11) is 0. The maximum atomic E-state index is 13.4. The zero-order chi connectivity index (χ0) is 16.9. The van der Waals surface area contributed by atoms with Gasteiger partial charge in [0.15, 0.2) is 11.6 Å². The van der Waals surface area contributed by atoms with Crippen LogP contribution in [0.4, 0.5) is 8.78 Å². The van der Waals surface area contributed by atoms with Crippen molar-refractivity contribution in [1.82, 2.24) is 0 Å². The molecule has 24 heavy (non-hydrogen) atoms.